The topological polar surface area (TPSA) is 56.1 Å². The number of allylic oxidation sites excluding steroid dienone is 1. The predicted molar refractivity (Wildman–Crippen MR) is 137 cm³/mol. The summed E-state index contributed by atoms with van der Waals surface area (Å²) in [4.78, 5) is 17.7. The molecule has 1 atom stereocenters. The van der Waals surface area contributed by atoms with Crippen LogP contribution in [0, 0.1) is 6.92 Å². The number of aryl methyl sites for hydroxylation is 2. The monoisotopic (exact) mass is 453 g/mol. The Labute approximate surface area is 201 Å². The summed E-state index contributed by atoms with van der Waals surface area (Å²) in [6.07, 6.45) is 3.48. The molecule has 5 heteroatoms. The highest BCUT2D eigenvalue weighted by molar-refractivity contribution is 5.94. The lowest BCUT2D eigenvalue weighted by Gasteiger charge is -2.17. The first-order chi connectivity index (χ1) is 16.6. The molecule has 34 heavy (non-hydrogen) atoms. The van der Waals surface area contributed by atoms with E-state index in [0.29, 0.717) is 12.2 Å². The summed E-state index contributed by atoms with van der Waals surface area (Å²) in [5, 5.41) is 3.12. The minimum Gasteiger partial charge on any atom is -0.493 e. The number of amides is 1. The molecule has 1 aromatic heterocycles. The molecule has 0 radical (unpaired) electrons. The van der Waals surface area contributed by atoms with Crippen LogP contribution in [0.4, 0.5) is 0 Å². The summed E-state index contributed by atoms with van der Waals surface area (Å²) < 4.78 is 8.27. The first-order valence-corrected chi connectivity index (χ1v) is 11.7. The quantitative estimate of drug-likeness (QED) is 0.235. The molecule has 0 fully saturated rings. The Hall–Kier alpha value is -3.86. The highest BCUT2D eigenvalue weighted by Crippen LogP contribution is 2.23. The molecular formula is C29H31N3O2. The maximum Gasteiger partial charge on any atom is 0.251 e. The standard InChI is InChI=1S/C29H31N3O2/c1-4-11-23-13-5-8-17-27(23)34-19-10-18-32-26-16-7-6-15-25(26)31-28(32)22(3)30-29(33)24-14-9-12-21(2)20-24/h4-9,12-17,20,22H,1,10-11,18-19H2,2-3H3,(H,30,33). The van der Waals surface area contributed by atoms with E-state index in [-0.39, 0.29) is 11.9 Å². The van der Waals surface area contributed by atoms with Crippen LogP contribution in [0.3, 0.4) is 0 Å². The van der Waals surface area contributed by atoms with Crippen LogP contribution >= 0.6 is 0 Å². The average molecular weight is 454 g/mol. The van der Waals surface area contributed by atoms with Gasteiger partial charge in [-0.15, -0.1) is 6.58 Å². The van der Waals surface area contributed by atoms with Gasteiger partial charge in [0.15, 0.2) is 0 Å². The van der Waals surface area contributed by atoms with Crippen LogP contribution in [0.1, 0.15) is 46.7 Å². The maximum atomic E-state index is 12.8. The van der Waals surface area contributed by atoms with Crippen molar-refractivity contribution in [2.45, 2.75) is 39.3 Å². The lowest BCUT2D eigenvalue weighted by molar-refractivity contribution is 0.0937. The van der Waals surface area contributed by atoms with Crippen LogP contribution in [0.25, 0.3) is 11.0 Å². The van der Waals surface area contributed by atoms with Gasteiger partial charge in [0, 0.05) is 12.1 Å². The molecule has 3 aromatic carbocycles. The molecule has 5 nitrogen and oxygen atoms in total. The average Bonchev–Trinajstić information content (AvgIpc) is 3.22. The van der Waals surface area contributed by atoms with Gasteiger partial charge in [0.2, 0.25) is 0 Å². The number of rotatable bonds is 10. The number of para-hydroxylation sites is 3. The molecular weight excluding hydrogens is 422 g/mol. The molecule has 0 saturated carbocycles. The van der Waals surface area contributed by atoms with Crippen molar-refractivity contribution in [2.75, 3.05) is 6.61 Å². The zero-order valence-electron chi connectivity index (χ0n) is 19.8. The van der Waals surface area contributed by atoms with Gasteiger partial charge in [-0.3, -0.25) is 4.79 Å². The van der Waals surface area contributed by atoms with Gasteiger partial charge >= 0.3 is 0 Å². The second-order valence-corrected chi connectivity index (χ2v) is 8.48. The Morgan fingerprint density at radius 3 is 2.74 bits per heavy atom. The van der Waals surface area contributed by atoms with Crippen molar-refractivity contribution in [1.82, 2.24) is 14.9 Å². The second kappa shape index (κ2) is 10.8. The van der Waals surface area contributed by atoms with E-state index in [1.807, 2.05) is 80.6 Å². The second-order valence-electron chi connectivity index (χ2n) is 8.48. The molecule has 0 aliphatic carbocycles. The van der Waals surface area contributed by atoms with E-state index in [0.717, 1.165) is 53.1 Å². The highest BCUT2D eigenvalue weighted by Gasteiger charge is 2.19. The van der Waals surface area contributed by atoms with E-state index in [4.69, 9.17) is 9.72 Å². The van der Waals surface area contributed by atoms with Crippen LogP contribution in [0.15, 0.2) is 85.5 Å². The third kappa shape index (κ3) is 5.37. The molecule has 0 bridgehead atoms. The summed E-state index contributed by atoms with van der Waals surface area (Å²) >= 11 is 0. The molecule has 1 heterocycles. The number of carbonyl (C=O) groups is 1. The Bertz CT molecular complexity index is 1290. The van der Waals surface area contributed by atoms with Gasteiger partial charge in [0.25, 0.3) is 5.91 Å². The predicted octanol–water partition coefficient (Wildman–Crippen LogP) is 6.03. The first-order valence-electron chi connectivity index (χ1n) is 11.7. The van der Waals surface area contributed by atoms with Crippen molar-refractivity contribution in [2.24, 2.45) is 0 Å². The zero-order valence-corrected chi connectivity index (χ0v) is 19.8. The smallest absolute Gasteiger partial charge is 0.251 e. The van der Waals surface area contributed by atoms with Gasteiger partial charge in [0.05, 0.1) is 23.7 Å². The lowest BCUT2D eigenvalue weighted by Crippen LogP contribution is -2.29. The minimum atomic E-state index is -0.241. The van der Waals surface area contributed by atoms with Gasteiger partial charge in [-0.25, -0.2) is 4.98 Å². The van der Waals surface area contributed by atoms with Crippen molar-refractivity contribution in [3.63, 3.8) is 0 Å². The summed E-state index contributed by atoms with van der Waals surface area (Å²) in [6.45, 7) is 9.12. The summed E-state index contributed by atoms with van der Waals surface area (Å²) in [5.74, 6) is 1.64. The van der Waals surface area contributed by atoms with E-state index in [9.17, 15) is 4.79 Å². The number of nitrogens with zero attached hydrogens (tertiary/aromatic N) is 2. The summed E-state index contributed by atoms with van der Waals surface area (Å²) in [6, 6.07) is 23.5. The Morgan fingerprint density at radius 1 is 1.12 bits per heavy atom. The molecule has 1 unspecified atom stereocenters. The highest BCUT2D eigenvalue weighted by atomic mass is 16.5. The van der Waals surface area contributed by atoms with Crippen LogP contribution in [0.2, 0.25) is 0 Å². The fourth-order valence-electron chi connectivity index (χ4n) is 4.16. The van der Waals surface area contributed by atoms with Gasteiger partial charge in [-0.05, 0) is 62.6 Å². The number of fused-ring (bicyclic) bond motifs is 1. The van der Waals surface area contributed by atoms with Crippen LogP contribution in [-0.2, 0) is 13.0 Å². The normalized spacial score (nSPS) is 11.8. The summed E-state index contributed by atoms with van der Waals surface area (Å²) in [7, 11) is 0. The third-order valence-electron chi connectivity index (χ3n) is 5.82. The van der Waals surface area contributed by atoms with Crippen LogP contribution in [0.5, 0.6) is 5.75 Å². The number of hydrogen-bond acceptors (Lipinski definition) is 3. The molecule has 0 saturated heterocycles. The molecule has 0 aliphatic rings. The van der Waals surface area contributed by atoms with E-state index < -0.39 is 0 Å². The van der Waals surface area contributed by atoms with E-state index in [2.05, 4.69) is 28.6 Å². The molecule has 174 valence electrons. The molecule has 1 N–H and O–H groups in total. The Morgan fingerprint density at radius 2 is 1.91 bits per heavy atom. The molecule has 4 aromatic rings. The molecule has 4 rings (SSSR count). The van der Waals surface area contributed by atoms with Crippen molar-refractivity contribution in [1.29, 1.82) is 0 Å². The van der Waals surface area contributed by atoms with Crippen molar-refractivity contribution in [3.8, 4) is 5.75 Å². The fourth-order valence-corrected chi connectivity index (χ4v) is 4.16. The number of carbonyl (C=O) groups excluding carboxylic acids is 1. The van der Waals surface area contributed by atoms with Crippen molar-refractivity contribution >= 4 is 16.9 Å². The van der Waals surface area contributed by atoms with Gasteiger partial charge in [-0.1, -0.05) is 54.1 Å². The van der Waals surface area contributed by atoms with E-state index in [1.165, 1.54) is 0 Å². The van der Waals surface area contributed by atoms with Gasteiger partial charge in [0.1, 0.15) is 11.6 Å². The number of benzene rings is 3. The van der Waals surface area contributed by atoms with Crippen LogP contribution in [-0.4, -0.2) is 22.1 Å². The van der Waals surface area contributed by atoms with E-state index in [1.54, 1.807) is 0 Å². The Kier molecular flexibility index (Phi) is 7.43. The fraction of sp³-hybridized carbons (Fsp3) is 0.241. The SMILES string of the molecule is C=CCc1ccccc1OCCCn1c(C(C)NC(=O)c2cccc(C)c2)nc2ccccc21. The number of ether oxygens (including phenoxy) is 1. The number of nitrogens with one attached hydrogen (secondary N) is 1. The van der Waals surface area contributed by atoms with Crippen molar-refractivity contribution in [3.05, 3.63) is 108 Å². The molecule has 0 spiro atoms. The maximum absolute atomic E-state index is 12.8. The van der Waals surface area contributed by atoms with E-state index >= 15 is 0 Å². The molecule has 0 aliphatic heterocycles. The number of hydrogen-bond donors (Lipinski definition) is 1. The minimum absolute atomic E-state index is 0.100. The largest absolute Gasteiger partial charge is 0.493 e. The lowest BCUT2D eigenvalue weighted by atomic mass is 10.1. The summed E-state index contributed by atoms with van der Waals surface area (Å²) in [5.41, 5.74) is 4.83. The third-order valence-corrected chi connectivity index (χ3v) is 5.82. The number of aromatic nitrogens is 2. The van der Waals surface area contributed by atoms with Gasteiger partial charge < -0.3 is 14.6 Å². The van der Waals surface area contributed by atoms with Gasteiger partial charge in [-0.2, -0.15) is 0 Å². The van der Waals surface area contributed by atoms with Crippen LogP contribution < -0.4 is 10.1 Å². The Balaban J connectivity index is 1.48. The van der Waals surface area contributed by atoms with Crippen molar-refractivity contribution < 1.29 is 9.53 Å². The number of imidazole rings is 1. The first kappa shape index (κ1) is 23.3. The zero-order chi connectivity index (χ0) is 23.9. The molecule has 1 amide bonds.